The van der Waals surface area contributed by atoms with Crippen LogP contribution in [-0.2, 0) is 4.79 Å². The molecule has 32 heavy (non-hydrogen) atoms. The van der Waals surface area contributed by atoms with E-state index < -0.39 is 0 Å². The quantitative estimate of drug-likeness (QED) is 0.213. The molecule has 2 heterocycles. The third-order valence-corrected chi connectivity index (χ3v) is 3.51. The van der Waals surface area contributed by atoms with Crippen molar-refractivity contribution in [3.63, 3.8) is 0 Å². The number of aliphatic hydroxyl groups excluding tert-OH is 1. The van der Waals surface area contributed by atoms with Crippen LogP contribution in [0.1, 0.15) is 44.6 Å². The van der Waals surface area contributed by atoms with Gasteiger partial charge in [-0.15, -0.1) is 0 Å². The lowest BCUT2D eigenvalue weighted by molar-refractivity contribution is -0.122. The number of carbonyl (C=O) groups is 2. The number of nitrogens with one attached hydrogen (secondary N) is 3. The molecular weight excluding hydrogens is 428 g/mol. The van der Waals surface area contributed by atoms with Crippen molar-refractivity contribution < 1.29 is 14.7 Å². The van der Waals surface area contributed by atoms with Crippen molar-refractivity contribution in [2.24, 2.45) is 0 Å². The van der Waals surface area contributed by atoms with E-state index in [0.29, 0.717) is 10.8 Å². The zero-order valence-corrected chi connectivity index (χ0v) is 20.9. The molecule has 0 aliphatic carbocycles. The van der Waals surface area contributed by atoms with E-state index in [4.69, 9.17) is 16.7 Å². The van der Waals surface area contributed by atoms with E-state index in [0.717, 1.165) is 23.6 Å². The summed E-state index contributed by atoms with van der Waals surface area (Å²) in [5.74, 6) is 0.0330. The molecule has 0 aliphatic heterocycles. The van der Waals surface area contributed by atoms with Crippen molar-refractivity contribution >= 4 is 34.7 Å². The van der Waals surface area contributed by atoms with Crippen LogP contribution in [0.25, 0.3) is 10.9 Å². The van der Waals surface area contributed by atoms with Gasteiger partial charge in [0.05, 0.1) is 23.4 Å². The molecule has 2 aromatic heterocycles. The zero-order valence-electron chi connectivity index (χ0n) is 20.1. The highest BCUT2D eigenvalue weighted by Gasteiger charge is 2.11. The SMILES string of the molecule is C/C=C/C[C@H](NC)C(=O)NC.C=CC=C.CC.CCO.O=Cc1cc2cc(Cl)ncc2[nH]1. The van der Waals surface area contributed by atoms with Gasteiger partial charge in [0.15, 0.2) is 6.29 Å². The number of carbonyl (C=O) groups excluding carboxylic acids is 2. The van der Waals surface area contributed by atoms with Crippen LogP contribution in [0.15, 0.2) is 55.8 Å². The van der Waals surface area contributed by atoms with Crippen LogP contribution in [-0.4, -0.2) is 54.0 Å². The van der Waals surface area contributed by atoms with E-state index in [-0.39, 0.29) is 18.6 Å². The molecule has 2 rings (SSSR count). The Bertz CT molecular complexity index is 783. The molecule has 8 heteroatoms. The molecular formula is C24H39ClN4O3. The summed E-state index contributed by atoms with van der Waals surface area (Å²) in [6.45, 7) is 14.6. The average molecular weight is 467 g/mol. The number of rotatable bonds is 6. The molecule has 0 aliphatic rings. The Morgan fingerprint density at radius 1 is 1.28 bits per heavy atom. The van der Waals surface area contributed by atoms with Crippen molar-refractivity contribution in [2.75, 3.05) is 20.7 Å². The Morgan fingerprint density at radius 3 is 2.25 bits per heavy atom. The summed E-state index contributed by atoms with van der Waals surface area (Å²) in [7, 11) is 3.42. The van der Waals surface area contributed by atoms with Gasteiger partial charge >= 0.3 is 0 Å². The number of allylic oxidation sites excluding steroid dienone is 3. The highest BCUT2D eigenvalue weighted by atomic mass is 35.5. The Balaban J connectivity index is -0.000000387. The summed E-state index contributed by atoms with van der Waals surface area (Å²) in [6.07, 6.45) is 10.3. The Morgan fingerprint density at radius 2 is 1.84 bits per heavy atom. The number of pyridine rings is 1. The number of amides is 1. The van der Waals surface area contributed by atoms with Crippen LogP contribution < -0.4 is 10.6 Å². The van der Waals surface area contributed by atoms with Gasteiger partial charge in [-0.2, -0.15) is 0 Å². The van der Waals surface area contributed by atoms with E-state index in [9.17, 15) is 9.59 Å². The molecule has 0 saturated heterocycles. The fourth-order valence-electron chi connectivity index (χ4n) is 1.89. The zero-order chi connectivity index (χ0) is 25.4. The van der Waals surface area contributed by atoms with Crippen LogP contribution in [0.3, 0.4) is 0 Å². The Hall–Kier alpha value is -2.74. The van der Waals surface area contributed by atoms with Gasteiger partial charge in [-0.3, -0.25) is 9.59 Å². The normalized spacial score (nSPS) is 9.88. The second-order valence-corrected chi connectivity index (χ2v) is 5.87. The maximum atomic E-state index is 11.0. The molecule has 0 spiro atoms. The molecule has 0 fully saturated rings. The molecule has 1 atom stereocenters. The molecule has 2 aromatic rings. The molecule has 0 radical (unpaired) electrons. The van der Waals surface area contributed by atoms with E-state index in [1.54, 1.807) is 51.5 Å². The molecule has 7 nitrogen and oxygen atoms in total. The summed E-state index contributed by atoms with van der Waals surface area (Å²) in [5.41, 5.74) is 1.36. The van der Waals surface area contributed by atoms with E-state index in [1.165, 1.54) is 0 Å². The van der Waals surface area contributed by atoms with E-state index in [2.05, 4.69) is 33.8 Å². The summed E-state index contributed by atoms with van der Waals surface area (Å²) < 4.78 is 0. The molecule has 180 valence electrons. The number of aromatic nitrogens is 2. The summed E-state index contributed by atoms with van der Waals surface area (Å²) >= 11 is 5.66. The van der Waals surface area contributed by atoms with Gasteiger partial charge in [-0.1, -0.05) is 62.9 Å². The lowest BCUT2D eigenvalue weighted by Crippen LogP contribution is -2.40. The minimum absolute atomic E-state index is 0.0330. The number of hydrogen-bond acceptors (Lipinski definition) is 5. The predicted octanol–water partition coefficient (Wildman–Crippen LogP) is 4.70. The number of aliphatic hydroxyl groups is 1. The van der Waals surface area contributed by atoms with E-state index in [1.807, 2.05) is 32.9 Å². The number of nitrogens with zero attached hydrogens (tertiary/aromatic N) is 1. The minimum Gasteiger partial charge on any atom is -0.397 e. The fourth-order valence-corrected chi connectivity index (χ4v) is 2.06. The first-order valence-corrected chi connectivity index (χ1v) is 10.7. The molecule has 0 bridgehead atoms. The largest absolute Gasteiger partial charge is 0.397 e. The number of aldehydes is 1. The first-order chi connectivity index (χ1) is 15.4. The maximum absolute atomic E-state index is 11.0. The third-order valence-electron chi connectivity index (χ3n) is 3.31. The number of aromatic amines is 1. The first-order valence-electron chi connectivity index (χ1n) is 10.3. The lowest BCUT2D eigenvalue weighted by atomic mass is 10.2. The van der Waals surface area contributed by atoms with Crippen molar-refractivity contribution in [1.29, 1.82) is 0 Å². The smallest absolute Gasteiger partial charge is 0.237 e. The van der Waals surface area contributed by atoms with Crippen LogP contribution in [0.2, 0.25) is 5.15 Å². The predicted molar refractivity (Wildman–Crippen MR) is 137 cm³/mol. The Labute approximate surface area is 197 Å². The number of hydrogen-bond donors (Lipinski definition) is 4. The fraction of sp³-hybridized carbons (Fsp3) is 0.375. The number of H-pyrrole nitrogens is 1. The van der Waals surface area contributed by atoms with Crippen LogP contribution >= 0.6 is 11.6 Å². The van der Waals surface area contributed by atoms with Gasteiger partial charge in [0.1, 0.15) is 5.15 Å². The second-order valence-electron chi connectivity index (χ2n) is 5.48. The van der Waals surface area contributed by atoms with Gasteiger partial charge in [0.2, 0.25) is 5.91 Å². The molecule has 1 amide bonds. The van der Waals surface area contributed by atoms with Gasteiger partial charge in [-0.05, 0) is 39.4 Å². The summed E-state index contributed by atoms with van der Waals surface area (Å²) in [6, 6.07) is 3.34. The maximum Gasteiger partial charge on any atom is 0.237 e. The van der Waals surface area contributed by atoms with Crippen molar-refractivity contribution in [3.05, 3.63) is 66.6 Å². The van der Waals surface area contributed by atoms with E-state index >= 15 is 0 Å². The third kappa shape index (κ3) is 17.0. The number of halogens is 1. The van der Waals surface area contributed by atoms with Gasteiger partial charge in [0.25, 0.3) is 0 Å². The van der Waals surface area contributed by atoms with Gasteiger partial charge in [0, 0.05) is 19.0 Å². The van der Waals surface area contributed by atoms with Gasteiger partial charge < -0.3 is 20.7 Å². The van der Waals surface area contributed by atoms with Crippen molar-refractivity contribution in [1.82, 2.24) is 20.6 Å². The highest BCUT2D eigenvalue weighted by Crippen LogP contribution is 2.16. The summed E-state index contributed by atoms with van der Waals surface area (Å²) in [4.78, 5) is 28.2. The van der Waals surface area contributed by atoms with Crippen LogP contribution in [0, 0.1) is 0 Å². The molecule has 0 unspecified atom stereocenters. The molecule has 4 N–H and O–H groups in total. The van der Waals surface area contributed by atoms with Crippen molar-refractivity contribution in [3.8, 4) is 0 Å². The highest BCUT2D eigenvalue weighted by molar-refractivity contribution is 6.30. The molecule has 0 aromatic carbocycles. The summed E-state index contributed by atoms with van der Waals surface area (Å²) in [5, 5.41) is 14.4. The standard InChI is InChI=1S/C8H5ClN2O.C8H16N2O.C4H6.C2H6O.C2H6/c9-8-2-5-1-6(4-12)11-7(5)3-10-8;1-4-5-6-7(9-2)8(11)10-3;1-3-4-2;1-2-3;1-2/h1-4,11H;4-5,7,9H,6H2,1-3H3,(H,10,11);3-4H,1-2H2;3H,2H2,1H3;1-2H3/b;5-4+;;;/t;7-;;;/m.0.../s1. The van der Waals surface area contributed by atoms with Gasteiger partial charge in [-0.25, -0.2) is 4.98 Å². The lowest BCUT2D eigenvalue weighted by Gasteiger charge is -2.11. The first kappa shape index (κ1) is 33.9. The second kappa shape index (κ2) is 24.5. The topological polar surface area (TPSA) is 107 Å². The number of likely N-dealkylation sites (N-methyl/N-ethyl adjacent to an activating group) is 2. The minimum atomic E-state index is -0.101. The van der Waals surface area contributed by atoms with Crippen LogP contribution in [0.5, 0.6) is 0 Å². The monoisotopic (exact) mass is 466 g/mol. The average Bonchev–Trinajstić information content (AvgIpc) is 3.24. The van der Waals surface area contributed by atoms with Crippen molar-refractivity contribution in [2.45, 2.75) is 40.2 Å². The molecule has 0 saturated carbocycles. The number of fused-ring (bicyclic) bond motifs is 1. The van der Waals surface area contributed by atoms with Crippen LogP contribution in [0.4, 0.5) is 0 Å². The Kier molecular flexibility index (Phi) is 26.0.